The summed E-state index contributed by atoms with van der Waals surface area (Å²) in [6.07, 6.45) is 5.75. The first-order valence-electron chi connectivity index (χ1n) is 9.62. The highest BCUT2D eigenvalue weighted by Gasteiger charge is 2.23. The lowest BCUT2D eigenvalue weighted by molar-refractivity contribution is 0.482. The van der Waals surface area contributed by atoms with E-state index in [0.717, 1.165) is 31.2 Å². The summed E-state index contributed by atoms with van der Waals surface area (Å²) in [7, 11) is 0. The van der Waals surface area contributed by atoms with E-state index in [-0.39, 0.29) is 28.6 Å². The second-order valence-electron chi connectivity index (χ2n) is 7.40. The van der Waals surface area contributed by atoms with Crippen LogP contribution < -0.4 is 11.2 Å². The van der Waals surface area contributed by atoms with Crippen molar-refractivity contribution in [3.63, 3.8) is 0 Å². The third kappa shape index (κ3) is 3.08. The van der Waals surface area contributed by atoms with Crippen molar-refractivity contribution in [2.45, 2.75) is 38.1 Å². The molecule has 1 saturated carbocycles. The Balaban J connectivity index is 1.57. The predicted octanol–water partition coefficient (Wildman–Crippen LogP) is 2.65. The van der Waals surface area contributed by atoms with Crippen LogP contribution in [0.15, 0.2) is 40.1 Å². The normalized spacial score (nSPS) is 14.8. The predicted molar refractivity (Wildman–Crippen MR) is 105 cm³/mol. The lowest BCUT2D eigenvalue weighted by atomic mass is 10.1. The maximum absolute atomic E-state index is 13.5. The molecule has 0 radical (unpaired) electrons. The Morgan fingerprint density at radius 1 is 1.17 bits per heavy atom. The van der Waals surface area contributed by atoms with Crippen LogP contribution in [-0.4, -0.2) is 29.7 Å². The van der Waals surface area contributed by atoms with Gasteiger partial charge in [0, 0.05) is 18.7 Å². The van der Waals surface area contributed by atoms with Crippen LogP contribution in [0.25, 0.3) is 22.6 Å². The van der Waals surface area contributed by atoms with Crippen LogP contribution in [0, 0.1) is 5.82 Å². The number of rotatable bonds is 4. The smallest absolute Gasteiger partial charge is 0.330 e. The van der Waals surface area contributed by atoms with Crippen LogP contribution in [-0.2, 0) is 6.42 Å². The Morgan fingerprint density at radius 2 is 2.00 bits per heavy atom. The molecule has 1 fully saturated rings. The molecule has 3 N–H and O–H groups in total. The van der Waals surface area contributed by atoms with Gasteiger partial charge in [0.25, 0.3) is 5.56 Å². The van der Waals surface area contributed by atoms with E-state index in [4.69, 9.17) is 0 Å². The highest BCUT2D eigenvalue weighted by molar-refractivity contribution is 5.75. The van der Waals surface area contributed by atoms with Crippen molar-refractivity contribution < 1.29 is 4.39 Å². The van der Waals surface area contributed by atoms with Crippen LogP contribution >= 0.6 is 0 Å². The topological polar surface area (TPSA) is 112 Å². The van der Waals surface area contributed by atoms with Gasteiger partial charge in [0.2, 0.25) is 0 Å². The molecule has 0 bridgehead atoms. The van der Waals surface area contributed by atoms with Crippen LogP contribution in [0.5, 0.6) is 0 Å². The fraction of sp³-hybridized carbons (Fsp3) is 0.300. The van der Waals surface area contributed by atoms with E-state index in [1.807, 2.05) is 6.07 Å². The molecule has 5 rings (SSSR count). The summed E-state index contributed by atoms with van der Waals surface area (Å²) in [5.74, 6) is 0.116. The molecule has 1 aliphatic carbocycles. The Bertz CT molecular complexity index is 1310. The molecule has 0 atom stereocenters. The van der Waals surface area contributed by atoms with Crippen molar-refractivity contribution >= 4 is 11.2 Å². The fourth-order valence-corrected chi connectivity index (χ4v) is 4.11. The molecular weight excluding hydrogens is 375 g/mol. The highest BCUT2D eigenvalue weighted by Crippen LogP contribution is 2.27. The van der Waals surface area contributed by atoms with Gasteiger partial charge in [-0.2, -0.15) is 5.10 Å². The monoisotopic (exact) mass is 394 g/mol. The van der Waals surface area contributed by atoms with E-state index in [9.17, 15) is 14.0 Å². The van der Waals surface area contributed by atoms with Crippen molar-refractivity contribution in [3.05, 3.63) is 68.4 Å². The van der Waals surface area contributed by atoms with E-state index in [0.29, 0.717) is 23.5 Å². The van der Waals surface area contributed by atoms with Crippen LogP contribution in [0.4, 0.5) is 4.39 Å². The Kier molecular flexibility index (Phi) is 4.15. The molecule has 0 saturated heterocycles. The first-order valence-corrected chi connectivity index (χ1v) is 9.62. The van der Waals surface area contributed by atoms with Gasteiger partial charge in [-0.1, -0.05) is 25.0 Å². The number of imidazole rings is 1. The van der Waals surface area contributed by atoms with E-state index in [1.165, 1.54) is 16.7 Å². The molecule has 1 aromatic carbocycles. The van der Waals surface area contributed by atoms with Crippen LogP contribution in [0.1, 0.15) is 43.0 Å². The number of aromatic nitrogens is 6. The zero-order chi connectivity index (χ0) is 20.0. The summed E-state index contributed by atoms with van der Waals surface area (Å²) < 4.78 is 14.8. The first kappa shape index (κ1) is 17.6. The maximum Gasteiger partial charge on any atom is 0.330 e. The zero-order valence-electron chi connectivity index (χ0n) is 15.5. The molecule has 29 heavy (non-hydrogen) atoms. The van der Waals surface area contributed by atoms with Crippen molar-refractivity contribution in [1.82, 2.24) is 29.7 Å². The molecule has 148 valence electrons. The van der Waals surface area contributed by atoms with E-state index >= 15 is 0 Å². The summed E-state index contributed by atoms with van der Waals surface area (Å²) in [5.41, 5.74) is 1.80. The van der Waals surface area contributed by atoms with Crippen LogP contribution in [0.3, 0.4) is 0 Å². The SMILES string of the molecule is O=c1[nH]c2nc(-c3c[nH]nc3Cc3cccc(F)c3)[nH]c2c(=O)n1C1CCCC1. The number of hydrogen-bond donors (Lipinski definition) is 3. The minimum Gasteiger partial charge on any atom is -0.332 e. The molecule has 1 aliphatic rings. The lowest BCUT2D eigenvalue weighted by Crippen LogP contribution is -2.37. The van der Waals surface area contributed by atoms with Gasteiger partial charge in [0.1, 0.15) is 17.2 Å². The summed E-state index contributed by atoms with van der Waals surface area (Å²) in [6.45, 7) is 0. The molecular formula is C20H19FN6O2. The van der Waals surface area contributed by atoms with Gasteiger partial charge >= 0.3 is 5.69 Å². The molecule has 0 unspecified atom stereocenters. The third-order valence-electron chi connectivity index (χ3n) is 5.51. The number of benzene rings is 1. The Hall–Kier alpha value is -3.49. The number of nitrogens with zero attached hydrogens (tertiary/aromatic N) is 3. The number of fused-ring (bicyclic) bond motifs is 1. The number of nitrogens with one attached hydrogen (secondary N) is 3. The second-order valence-corrected chi connectivity index (χ2v) is 7.40. The van der Waals surface area contributed by atoms with Crippen molar-refractivity contribution in [3.8, 4) is 11.4 Å². The number of aromatic amines is 3. The average molecular weight is 394 g/mol. The van der Waals surface area contributed by atoms with Gasteiger partial charge in [-0.05, 0) is 30.5 Å². The van der Waals surface area contributed by atoms with Gasteiger partial charge < -0.3 is 4.98 Å². The first-order chi connectivity index (χ1) is 14.1. The molecule has 0 amide bonds. The quantitative estimate of drug-likeness (QED) is 0.494. The Morgan fingerprint density at radius 3 is 2.79 bits per heavy atom. The molecule has 4 aromatic rings. The molecule has 0 aliphatic heterocycles. The lowest BCUT2D eigenvalue weighted by Gasteiger charge is -2.10. The molecule has 3 aromatic heterocycles. The minimum absolute atomic E-state index is 0.0696. The number of hydrogen-bond acceptors (Lipinski definition) is 4. The summed E-state index contributed by atoms with van der Waals surface area (Å²) in [5, 5.41) is 7.04. The largest absolute Gasteiger partial charge is 0.332 e. The van der Waals surface area contributed by atoms with E-state index in [1.54, 1.807) is 12.3 Å². The van der Waals surface area contributed by atoms with Crippen molar-refractivity contribution in [2.24, 2.45) is 0 Å². The minimum atomic E-state index is -0.431. The van der Waals surface area contributed by atoms with Gasteiger partial charge in [0.15, 0.2) is 5.65 Å². The molecule has 9 heteroatoms. The Labute approximate surface area is 163 Å². The van der Waals surface area contributed by atoms with Gasteiger partial charge in [0.05, 0.1) is 11.3 Å². The molecule has 3 heterocycles. The van der Waals surface area contributed by atoms with Gasteiger partial charge in [-0.15, -0.1) is 0 Å². The standard InChI is InChI=1S/C20H19FN6O2/c21-12-5-3-4-11(8-12)9-15-14(10-22-26-15)17-23-16-18(24-17)25-20(29)27(19(16)28)13-6-1-2-7-13/h3-5,8,10,13H,1-2,6-7,9H2,(H,22,26)(H,23,24)(H,25,29). The highest BCUT2D eigenvalue weighted by atomic mass is 19.1. The number of H-pyrrole nitrogens is 3. The van der Waals surface area contributed by atoms with Gasteiger partial charge in [-0.3, -0.25) is 19.4 Å². The maximum atomic E-state index is 13.5. The van der Waals surface area contributed by atoms with E-state index < -0.39 is 5.69 Å². The third-order valence-corrected chi connectivity index (χ3v) is 5.51. The summed E-state index contributed by atoms with van der Waals surface area (Å²) in [4.78, 5) is 35.6. The zero-order valence-corrected chi connectivity index (χ0v) is 15.5. The van der Waals surface area contributed by atoms with E-state index in [2.05, 4.69) is 25.1 Å². The second kappa shape index (κ2) is 6.84. The van der Waals surface area contributed by atoms with Crippen molar-refractivity contribution in [2.75, 3.05) is 0 Å². The molecule has 0 spiro atoms. The van der Waals surface area contributed by atoms with Gasteiger partial charge in [-0.25, -0.2) is 14.2 Å². The summed E-state index contributed by atoms with van der Waals surface area (Å²) in [6, 6.07) is 6.24. The fourth-order valence-electron chi connectivity index (χ4n) is 4.11. The average Bonchev–Trinajstić information content (AvgIpc) is 3.42. The van der Waals surface area contributed by atoms with Crippen LogP contribution in [0.2, 0.25) is 0 Å². The number of halogens is 1. The van der Waals surface area contributed by atoms with Crippen molar-refractivity contribution in [1.29, 1.82) is 0 Å². The molecule has 8 nitrogen and oxygen atoms in total. The summed E-state index contributed by atoms with van der Waals surface area (Å²) >= 11 is 0.